The van der Waals surface area contributed by atoms with Crippen LogP contribution in [-0.4, -0.2) is 72.4 Å². The number of aliphatic hydroxyl groups is 1. The number of carbonyl (C=O) groups is 2. The highest BCUT2D eigenvalue weighted by Gasteiger charge is 2.29. The van der Waals surface area contributed by atoms with Crippen LogP contribution in [0, 0.1) is 11.8 Å². The Morgan fingerprint density at radius 3 is 2.27 bits per heavy atom. The first-order valence-corrected chi connectivity index (χ1v) is 19.2. The summed E-state index contributed by atoms with van der Waals surface area (Å²) < 4.78 is 10.8. The Bertz CT molecular complexity index is 1700. The quantitative estimate of drug-likeness (QED) is 0.169. The molecule has 6 rings (SSSR count). The highest BCUT2D eigenvalue weighted by Crippen LogP contribution is 2.30. The molecule has 2 saturated heterocycles. The molecule has 2 aliphatic heterocycles. The van der Waals surface area contributed by atoms with Crippen LogP contribution in [0.5, 0.6) is 5.75 Å². The van der Waals surface area contributed by atoms with Crippen LogP contribution in [-0.2, 0) is 22.5 Å². The largest absolute Gasteiger partial charge is 0.497 e. The molecule has 2 amide bonds. The molecule has 2 heterocycles. The number of amides is 2. The number of ether oxygens (including phenoxy) is 2. The van der Waals surface area contributed by atoms with Gasteiger partial charge in [0.25, 0.3) is 5.91 Å². The summed E-state index contributed by atoms with van der Waals surface area (Å²) in [5.41, 5.74) is 5.22. The molecule has 52 heavy (non-hydrogen) atoms. The Morgan fingerprint density at radius 1 is 0.904 bits per heavy atom. The van der Waals surface area contributed by atoms with Gasteiger partial charge >= 0.3 is 0 Å². The maximum absolute atomic E-state index is 13.9. The number of allylic oxidation sites excluding steroid dienone is 1. The van der Waals surface area contributed by atoms with Gasteiger partial charge in [0.15, 0.2) is 5.79 Å². The summed E-state index contributed by atoms with van der Waals surface area (Å²) in [6, 6.07) is 23.6. The van der Waals surface area contributed by atoms with Crippen LogP contribution in [0.4, 0.5) is 0 Å². The number of nitrogens with one attached hydrogen (secondary N) is 1. The van der Waals surface area contributed by atoms with Crippen LogP contribution in [0.3, 0.4) is 0 Å². The van der Waals surface area contributed by atoms with E-state index in [1.54, 1.807) is 24.2 Å². The molecule has 0 saturated carbocycles. The summed E-state index contributed by atoms with van der Waals surface area (Å²) in [4.78, 5) is 31.4. The average Bonchev–Trinajstić information content (AvgIpc) is 3.18. The number of likely N-dealkylation sites (tertiary alicyclic amines) is 1. The maximum atomic E-state index is 13.9. The summed E-state index contributed by atoms with van der Waals surface area (Å²) in [6.07, 6.45) is 14.5. The van der Waals surface area contributed by atoms with Gasteiger partial charge in [-0.1, -0.05) is 67.8 Å². The van der Waals surface area contributed by atoms with Crippen molar-refractivity contribution in [3.63, 3.8) is 0 Å². The van der Waals surface area contributed by atoms with E-state index in [1.165, 1.54) is 45.2 Å². The molecule has 276 valence electrons. The zero-order valence-electron chi connectivity index (χ0n) is 30.9. The van der Waals surface area contributed by atoms with Crippen LogP contribution in [0.2, 0.25) is 0 Å². The van der Waals surface area contributed by atoms with Gasteiger partial charge in [-0.05, 0) is 122 Å². The van der Waals surface area contributed by atoms with Gasteiger partial charge in [0.1, 0.15) is 5.75 Å². The van der Waals surface area contributed by atoms with Crippen LogP contribution in [0.15, 0.2) is 96.7 Å². The minimum Gasteiger partial charge on any atom is -0.497 e. The molecule has 0 aromatic heterocycles. The zero-order chi connectivity index (χ0) is 36.3. The number of rotatable bonds is 14. The van der Waals surface area contributed by atoms with Gasteiger partial charge in [-0.3, -0.25) is 9.59 Å². The van der Waals surface area contributed by atoms with Crippen molar-refractivity contribution in [2.24, 2.45) is 11.8 Å². The van der Waals surface area contributed by atoms with E-state index in [0.717, 1.165) is 65.8 Å². The first kappa shape index (κ1) is 37.5. The second kappa shape index (κ2) is 18.0. The lowest BCUT2D eigenvalue weighted by Gasteiger charge is -2.32. The van der Waals surface area contributed by atoms with E-state index in [2.05, 4.69) is 11.4 Å². The van der Waals surface area contributed by atoms with Gasteiger partial charge in [0.2, 0.25) is 5.91 Å². The first-order valence-electron chi connectivity index (χ1n) is 19.2. The molecule has 3 aliphatic rings. The lowest BCUT2D eigenvalue weighted by atomic mass is 9.87. The van der Waals surface area contributed by atoms with Crippen molar-refractivity contribution in [1.82, 2.24) is 15.1 Å². The van der Waals surface area contributed by atoms with E-state index >= 15 is 0 Å². The Hall–Kier alpha value is -4.24. The van der Waals surface area contributed by atoms with E-state index in [4.69, 9.17) is 9.47 Å². The molecular formula is C44H55N3O5. The molecular weight excluding hydrogens is 651 g/mol. The van der Waals surface area contributed by atoms with Gasteiger partial charge in [0, 0.05) is 37.4 Å². The van der Waals surface area contributed by atoms with E-state index in [1.807, 2.05) is 84.6 Å². The molecule has 1 atom stereocenters. The van der Waals surface area contributed by atoms with Crippen molar-refractivity contribution in [2.75, 3.05) is 39.9 Å². The third kappa shape index (κ3) is 10.00. The van der Waals surface area contributed by atoms with Crippen LogP contribution in [0.25, 0.3) is 11.1 Å². The fraction of sp³-hybridized carbons (Fsp3) is 0.455. The van der Waals surface area contributed by atoms with Crippen molar-refractivity contribution in [2.45, 2.75) is 77.0 Å². The predicted molar refractivity (Wildman–Crippen MR) is 206 cm³/mol. The second-order valence-corrected chi connectivity index (χ2v) is 14.6. The Balaban J connectivity index is 1.11. The predicted octanol–water partition coefficient (Wildman–Crippen LogP) is 7.52. The number of benzene rings is 3. The van der Waals surface area contributed by atoms with E-state index in [0.29, 0.717) is 24.4 Å². The van der Waals surface area contributed by atoms with Crippen molar-refractivity contribution in [3.8, 4) is 16.9 Å². The van der Waals surface area contributed by atoms with Gasteiger partial charge in [-0.25, -0.2) is 0 Å². The lowest BCUT2D eigenvalue weighted by molar-refractivity contribution is -0.161. The molecule has 0 bridgehead atoms. The molecule has 1 unspecified atom stereocenters. The Labute approximate surface area is 309 Å². The Morgan fingerprint density at radius 2 is 1.60 bits per heavy atom. The van der Waals surface area contributed by atoms with Crippen molar-refractivity contribution < 1.29 is 24.2 Å². The molecule has 8 heteroatoms. The molecule has 2 N–H and O–H groups in total. The van der Waals surface area contributed by atoms with Gasteiger partial charge in [0.05, 0.1) is 20.1 Å². The third-order valence-electron chi connectivity index (χ3n) is 10.9. The smallest absolute Gasteiger partial charge is 0.253 e. The van der Waals surface area contributed by atoms with Gasteiger partial charge in [-0.2, -0.15) is 0 Å². The number of methoxy groups -OCH3 is 1. The third-order valence-corrected chi connectivity index (χ3v) is 10.9. The molecule has 3 aromatic carbocycles. The Kier molecular flexibility index (Phi) is 13.0. The van der Waals surface area contributed by atoms with Crippen molar-refractivity contribution in [1.29, 1.82) is 0 Å². The van der Waals surface area contributed by atoms with Gasteiger partial charge in [-0.15, -0.1) is 0 Å². The molecule has 0 radical (unpaired) electrons. The summed E-state index contributed by atoms with van der Waals surface area (Å²) >= 11 is 0. The molecule has 2 fully saturated rings. The normalized spacial score (nSPS) is 19.7. The number of carbonyl (C=O) groups excluding carboxylic acids is 2. The van der Waals surface area contributed by atoms with Crippen LogP contribution < -0.4 is 10.1 Å². The monoisotopic (exact) mass is 705 g/mol. The highest BCUT2D eigenvalue weighted by atomic mass is 16.6. The summed E-state index contributed by atoms with van der Waals surface area (Å²) in [5, 5.41) is 14.2. The molecule has 3 aromatic rings. The number of hydrogen-bond acceptors (Lipinski definition) is 6. The van der Waals surface area contributed by atoms with E-state index in [-0.39, 0.29) is 24.7 Å². The molecule has 1 aliphatic carbocycles. The second-order valence-electron chi connectivity index (χ2n) is 14.6. The van der Waals surface area contributed by atoms with Crippen molar-refractivity contribution in [3.05, 3.63) is 113 Å². The highest BCUT2D eigenvalue weighted by molar-refractivity contribution is 5.95. The standard InChI is InChI=1S/C44H55N3O5/c1-3-52-44(50)23-17-40(18-24-44)47(42(48)30-35-13-15-41(51-2)16-14-35)32-36-9-5-10-37(29-36)38-11-6-12-39(31-38)43(49)46-27-21-34(22-28-46)8-4-7-33-19-25-45-26-20-33/h5-6,9-18,23,29,31,33-34,45,50H,3-4,7-8,19-22,24-28,30,32H2,1-2H3. The maximum Gasteiger partial charge on any atom is 0.253 e. The topological polar surface area (TPSA) is 91.3 Å². The number of nitrogens with zero attached hydrogens (tertiary/aromatic N) is 2. The number of hydrogen-bond donors (Lipinski definition) is 2. The minimum absolute atomic E-state index is 0.0635. The fourth-order valence-corrected chi connectivity index (χ4v) is 7.83. The van der Waals surface area contributed by atoms with E-state index in [9.17, 15) is 14.7 Å². The minimum atomic E-state index is -1.38. The summed E-state index contributed by atoms with van der Waals surface area (Å²) in [5.74, 6) is 1.00. The van der Waals surface area contributed by atoms with Gasteiger partial charge < -0.3 is 29.7 Å². The lowest BCUT2D eigenvalue weighted by Crippen LogP contribution is -2.38. The van der Waals surface area contributed by atoms with E-state index < -0.39 is 5.79 Å². The fourth-order valence-electron chi connectivity index (χ4n) is 7.83. The zero-order valence-corrected chi connectivity index (χ0v) is 30.9. The average molecular weight is 706 g/mol. The van der Waals surface area contributed by atoms with Crippen LogP contribution >= 0.6 is 0 Å². The SMILES string of the molecule is CCOC1(O)C=CC(N(Cc2cccc(-c3cccc(C(=O)N4CCC(CCCC5CCNCC5)CC4)c3)c2)C(=O)Cc2ccc(OC)cc2)=CC1. The molecule has 8 nitrogen and oxygen atoms in total. The van der Waals surface area contributed by atoms with Crippen molar-refractivity contribution >= 4 is 11.8 Å². The summed E-state index contributed by atoms with van der Waals surface area (Å²) in [7, 11) is 1.62. The van der Waals surface area contributed by atoms with Crippen LogP contribution in [0.1, 0.15) is 79.8 Å². The number of piperidine rings is 2. The first-order chi connectivity index (χ1) is 25.3. The summed E-state index contributed by atoms with van der Waals surface area (Å²) in [6.45, 7) is 6.55. The molecule has 0 spiro atoms.